The molecule has 0 spiro atoms. The molecule has 1 aliphatic rings. The average Bonchev–Trinajstić information content (AvgIpc) is 2.08. The molecule has 0 aromatic carbocycles. The van der Waals surface area contributed by atoms with Gasteiger partial charge in [-0.1, -0.05) is 6.08 Å². The van der Waals surface area contributed by atoms with Crippen LogP contribution < -0.4 is 5.32 Å². The first-order chi connectivity index (χ1) is 5.65. The minimum atomic E-state index is -0.108. The molecule has 1 aliphatic heterocycles. The molecule has 0 radical (unpaired) electrons. The molecule has 0 saturated carbocycles. The third-order valence-electron chi connectivity index (χ3n) is 1.90. The Morgan fingerprint density at radius 3 is 2.92 bits per heavy atom. The Morgan fingerprint density at radius 1 is 1.67 bits per heavy atom. The molecule has 1 heterocycles. The van der Waals surface area contributed by atoms with Gasteiger partial charge in [0.15, 0.2) is 0 Å². The number of rotatable bonds is 2. The smallest absolute Gasteiger partial charge is 0.242 e. The fourth-order valence-electron chi connectivity index (χ4n) is 1.07. The van der Waals surface area contributed by atoms with E-state index < -0.39 is 0 Å². The van der Waals surface area contributed by atoms with Gasteiger partial charge < -0.3 is 10.2 Å². The number of nitrogens with zero attached hydrogens (tertiary/aromatic N) is 1. The highest BCUT2D eigenvalue weighted by Crippen LogP contribution is 2.02. The van der Waals surface area contributed by atoms with Crippen LogP contribution in [0.15, 0.2) is 12.7 Å². The molecular weight excluding hydrogens is 156 g/mol. The Balaban J connectivity index is 2.66. The zero-order valence-corrected chi connectivity index (χ0v) is 7.04. The van der Waals surface area contributed by atoms with Crippen LogP contribution in [0.5, 0.6) is 0 Å². The van der Waals surface area contributed by atoms with Crippen molar-refractivity contribution in [3.63, 3.8) is 0 Å². The second-order valence-electron chi connectivity index (χ2n) is 2.77. The van der Waals surface area contributed by atoms with Gasteiger partial charge in [-0.15, -0.1) is 6.58 Å². The van der Waals surface area contributed by atoms with Gasteiger partial charge in [-0.2, -0.15) is 0 Å². The Morgan fingerprint density at radius 2 is 2.33 bits per heavy atom. The molecular formula is C8H12N2O2. The SMILES string of the molecule is C=CC(C)N1CC(=O)NCC1=O. The van der Waals surface area contributed by atoms with E-state index in [1.807, 2.05) is 6.92 Å². The van der Waals surface area contributed by atoms with E-state index in [9.17, 15) is 9.59 Å². The molecule has 1 fully saturated rings. The fraction of sp³-hybridized carbons (Fsp3) is 0.500. The lowest BCUT2D eigenvalue weighted by molar-refractivity contribution is -0.141. The van der Waals surface area contributed by atoms with E-state index in [0.29, 0.717) is 0 Å². The standard InChI is InChI=1S/C8H12N2O2/c1-3-6(2)10-5-7(11)9-4-8(10)12/h3,6H,1,4-5H2,2H3,(H,9,11). The van der Waals surface area contributed by atoms with Crippen LogP contribution in [-0.4, -0.2) is 35.8 Å². The van der Waals surface area contributed by atoms with Crippen molar-refractivity contribution < 1.29 is 9.59 Å². The van der Waals surface area contributed by atoms with Gasteiger partial charge in [0.25, 0.3) is 0 Å². The highest BCUT2D eigenvalue weighted by atomic mass is 16.2. The topological polar surface area (TPSA) is 49.4 Å². The molecule has 1 unspecified atom stereocenters. The van der Waals surface area contributed by atoms with E-state index in [0.717, 1.165) is 0 Å². The number of nitrogens with one attached hydrogen (secondary N) is 1. The predicted molar refractivity (Wildman–Crippen MR) is 44.4 cm³/mol. The van der Waals surface area contributed by atoms with Crippen molar-refractivity contribution in [2.24, 2.45) is 0 Å². The minimum Gasteiger partial charge on any atom is -0.345 e. The van der Waals surface area contributed by atoms with Crippen molar-refractivity contribution in [1.82, 2.24) is 10.2 Å². The molecule has 1 N–H and O–H groups in total. The molecule has 0 aromatic rings. The van der Waals surface area contributed by atoms with Crippen molar-refractivity contribution in [3.8, 4) is 0 Å². The average molecular weight is 168 g/mol. The monoisotopic (exact) mass is 168 g/mol. The zero-order chi connectivity index (χ0) is 9.14. The predicted octanol–water partition coefficient (Wildman–Crippen LogP) is -0.481. The first-order valence-corrected chi connectivity index (χ1v) is 3.84. The molecule has 1 saturated heterocycles. The Kier molecular flexibility index (Phi) is 2.47. The van der Waals surface area contributed by atoms with E-state index in [2.05, 4.69) is 11.9 Å². The van der Waals surface area contributed by atoms with Crippen LogP contribution in [0.3, 0.4) is 0 Å². The van der Waals surface area contributed by atoms with Crippen LogP contribution >= 0.6 is 0 Å². The lowest BCUT2D eigenvalue weighted by atomic mass is 10.2. The Labute approximate surface area is 71.2 Å². The number of carbonyl (C=O) groups excluding carboxylic acids is 2. The van der Waals surface area contributed by atoms with Crippen molar-refractivity contribution in [1.29, 1.82) is 0 Å². The summed E-state index contributed by atoms with van der Waals surface area (Å²) in [6, 6.07) is -0.0662. The van der Waals surface area contributed by atoms with Crippen molar-refractivity contribution >= 4 is 11.8 Å². The molecule has 0 aliphatic carbocycles. The zero-order valence-electron chi connectivity index (χ0n) is 7.04. The maximum Gasteiger partial charge on any atom is 0.242 e. The lowest BCUT2D eigenvalue weighted by Gasteiger charge is -2.30. The molecule has 0 bridgehead atoms. The van der Waals surface area contributed by atoms with Gasteiger partial charge in [-0.3, -0.25) is 9.59 Å². The summed E-state index contributed by atoms with van der Waals surface area (Å²) in [5.74, 6) is -0.162. The minimum absolute atomic E-state index is 0.0537. The van der Waals surface area contributed by atoms with Crippen LogP contribution in [0.4, 0.5) is 0 Å². The Bertz CT molecular complexity index is 225. The second kappa shape index (κ2) is 3.38. The van der Waals surface area contributed by atoms with Crippen LogP contribution in [0, 0.1) is 0 Å². The second-order valence-corrected chi connectivity index (χ2v) is 2.77. The fourth-order valence-corrected chi connectivity index (χ4v) is 1.07. The van der Waals surface area contributed by atoms with Crippen LogP contribution in [-0.2, 0) is 9.59 Å². The maximum atomic E-state index is 11.2. The third-order valence-corrected chi connectivity index (χ3v) is 1.90. The highest BCUT2D eigenvalue weighted by molar-refractivity contribution is 5.92. The van der Waals surface area contributed by atoms with Gasteiger partial charge in [0.1, 0.15) is 6.54 Å². The van der Waals surface area contributed by atoms with Crippen molar-refractivity contribution in [2.45, 2.75) is 13.0 Å². The summed E-state index contributed by atoms with van der Waals surface area (Å²) in [7, 11) is 0. The summed E-state index contributed by atoms with van der Waals surface area (Å²) in [6.07, 6.45) is 1.65. The van der Waals surface area contributed by atoms with E-state index >= 15 is 0 Å². The summed E-state index contributed by atoms with van der Waals surface area (Å²) in [5, 5.41) is 2.48. The van der Waals surface area contributed by atoms with E-state index in [1.165, 1.54) is 4.90 Å². The molecule has 2 amide bonds. The highest BCUT2D eigenvalue weighted by Gasteiger charge is 2.25. The van der Waals surface area contributed by atoms with Gasteiger partial charge >= 0.3 is 0 Å². The maximum absolute atomic E-state index is 11.2. The normalized spacial score (nSPS) is 20.2. The molecule has 12 heavy (non-hydrogen) atoms. The number of piperazine rings is 1. The molecule has 4 nitrogen and oxygen atoms in total. The molecule has 4 heteroatoms. The lowest BCUT2D eigenvalue weighted by Crippen LogP contribution is -2.54. The number of carbonyl (C=O) groups is 2. The molecule has 1 atom stereocenters. The third kappa shape index (κ3) is 1.64. The van der Waals surface area contributed by atoms with E-state index in [-0.39, 0.29) is 30.9 Å². The summed E-state index contributed by atoms with van der Waals surface area (Å²) in [5.41, 5.74) is 0. The van der Waals surface area contributed by atoms with Gasteiger partial charge in [-0.05, 0) is 6.92 Å². The van der Waals surface area contributed by atoms with Gasteiger partial charge in [-0.25, -0.2) is 0 Å². The number of amides is 2. The number of hydrogen-bond donors (Lipinski definition) is 1. The van der Waals surface area contributed by atoms with Crippen LogP contribution in [0.2, 0.25) is 0 Å². The van der Waals surface area contributed by atoms with Gasteiger partial charge in [0, 0.05) is 6.04 Å². The van der Waals surface area contributed by atoms with E-state index in [4.69, 9.17) is 0 Å². The summed E-state index contributed by atoms with van der Waals surface area (Å²) in [6.45, 7) is 5.66. The van der Waals surface area contributed by atoms with E-state index in [1.54, 1.807) is 6.08 Å². The van der Waals surface area contributed by atoms with Crippen molar-refractivity contribution in [3.05, 3.63) is 12.7 Å². The van der Waals surface area contributed by atoms with Crippen LogP contribution in [0.1, 0.15) is 6.92 Å². The summed E-state index contributed by atoms with van der Waals surface area (Å²) >= 11 is 0. The van der Waals surface area contributed by atoms with Crippen LogP contribution in [0.25, 0.3) is 0 Å². The first-order valence-electron chi connectivity index (χ1n) is 3.84. The van der Waals surface area contributed by atoms with Crippen molar-refractivity contribution in [2.75, 3.05) is 13.1 Å². The first kappa shape index (κ1) is 8.77. The molecule has 66 valence electrons. The van der Waals surface area contributed by atoms with Gasteiger partial charge in [0.05, 0.1) is 6.54 Å². The largest absolute Gasteiger partial charge is 0.345 e. The quantitative estimate of drug-likeness (QED) is 0.566. The molecule has 1 rings (SSSR count). The number of hydrogen-bond acceptors (Lipinski definition) is 2. The van der Waals surface area contributed by atoms with Gasteiger partial charge in [0.2, 0.25) is 11.8 Å². The summed E-state index contributed by atoms with van der Waals surface area (Å²) < 4.78 is 0. The summed E-state index contributed by atoms with van der Waals surface area (Å²) in [4.78, 5) is 23.6. The molecule has 0 aromatic heterocycles. The Hall–Kier alpha value is -1.32.